The van der Waals surface area contributed by atoms with Gasteiger partial charge in [-0.1, -0.05) is 26.2 Å². The largest absolute Gasteiger partial charge is 0.392 e. The van der Waals surface area contributed by atoms with Gasteiger partial charge in [-0.2, -0.15) is 0 Å². The SMILES string of the molecule is CCCCOCCN[C@@H]1CCCC[C@H]1O. The molecule has 0 unspecified atom stereocenters. The van der Waals surface area contributed by atoms with E-state index in [0.29, 0.717) is 6.04 Å². The van der Waals surface area contributed by atoms with E-state index < -0.39 is 0 Å². The van der Waals surface area contributed by atoms with Crippen molar-refractivity contribution in [2.24, 2.45) is 0 Å². The van der Waals surface area contributed by atoms with Gasteiger partial charge in [0, 0.05) is 19.2 Å². The zero-order valence-electron chi connectivity index (χ0n) is 9.87. The van der Waals surface area contributed by atoms with Gasteiger partial charge >= 0.3 is 0 Å². The highest BCUT2D eigenvalue weighted by Crippen LogP contribution is 2.17. The first-order chi connectivity index (χ1) is 7.34. The van der Waals surface area contributed by atoms with Crippen LogP contribution in [0.3, 0.4) is 0 Å². The highest BCUT2D eigenvalue weighted by atomic mass is 16.5. The van der Waals surface area contributed by atoms with Gasteiger partial charge in [0.05, 0.1) is 12.7 Å². The number of hydrogen-bond donors (Lipinski definition) is 2. The van der Waals surface area contributed by atoms with Gasteiger partial charge in [-0.25, -0.2) is 0 Å². The molecule has 2 N–H and O–H groups in total. The number of aliphatic hydroxyl groups is 1. The fourth-order valence-corrected chi connectivity index (χ4v) is 2.01. The van der Waals surface area contributed by atoms with E-state index in [0.717, 1.165) is 39.0 Å². The Bertz CT molecular complexity index is 153. The summed E-state index contributed by atoms with van der Waals surface area (Å²) in [7, 11) is 0. The van der Waals surface area contributed by atoms with Crippen molar-refractivity contribution in [1.82, 2.24) is 5.32 Å². The van der Waals surface area contributed by atoms with Gasteiger partial charge in [-0.15, -0.1) is 0 Å². The van der Waals surface area contributed by atoms with Gasteiger partial charge in [-0.05, 0) is 19.3 Å². The van der Waals surface area contributed by atoms with Crippen LogP contribution in [0.5, 0.6) is 0 Å². The number of rotatable bonds is 7. The summed E-state index contributed by atoms with van der Waals surface area (Å²) in [5, 5.41) is 13.1. The van der Waals surface area contributed by atoms with E-state index in [2.05, 4.69) is 12.2 Å². The van der Waals surface area contributed by atoms with Crippen LogP contribution < -0.4 is 5.32 Å². The highest BCUT2D eigenvalue weighted by molar-refractivity contribution is 4.79. The molecule has 3 heteroatoms. The van der Waals surface area contributed by atoms with Crippen molar-refractivity contribution >= 4 is 0 Å². The van der Waals surface area contributed by atoms with Crippen molar-refractivity contribution in [1.29, 1.82) is 0 Å². The van der Waals surface area contributed by atoms with E-state index in [1.165, 1.54) is 19.3 Å². The Kier molecular flexibility index (Phi) is 6.98. The summed E-state index contributed by atoms with van der Waals surface area (Å²) in [6.07, 6.45) is 6.66. The Morgan fingerprint density at radius 2 is 2.07 bits per heavy atom. The van der Waals surface area contributed by atoms with E-state index in [4.69, 9.17) is 4.74 Å². The molecule has 1 saturated carbocycles. The fraction of sp³-hybridized carbons (Fsp3) is 1.00. The van der Waals surface area contributed by atoms with Gasteiger partial charge < -0.3 is 15.2 Å². The van der Waals surface area contributed by atoms with E-state index in [1.54, 1.807) is 0 Å². The van der Waals surface area contributed by atoms with E-state index >= 15 is 0 Å². The molecule has 0 aromatic heterocycles. The molecule has 1 aliphatic carbocycles. The lowest BCUT2D eigenvalue weighted by molar-refractivity contribution is 0.0798. The Morgan fingerprint density at radius 1 is 1.27 bits per heavy atom. The summed E-state index contributed by atoms with van der Waals surface area (Å²) in [5.74, 6) is 0. The molecule has 3 nitrogen and oxygen atoms in total. The van der Waals surface area contributed by atoms with Gasteiger partial charge in [0.1, 0.15) is 0 Å². The second-order valence-electron chi connectivity index (χ2n) is 4.38. The Labute approximate surface area is 93.2 Å². The molecule has 0 saturated heterocycles. The molecule has 0 radical (unpaired) electrons. The molecule has 0 aliphatic heterocycles. The molecule has 2 atom stereocenters. The van der Waals surface area contributed by atoms with Crippen LogP contribution in [0.15, 0.2) is 0 Å². The molecule has 1 fully saturated rings. The standard InChI is InChI=1S/C12H25NO2/c1-2-3-9-15-10-8-13-11-6-4-5-7-12(11)14/h11-14H,2-10H2,1H3/t11-,12-/m1/s1. The predicted molar refractivity (Wildman–Crippen MR) is 62.0 cm³/mol. The monoisotopic (exact) mass is 215 g/mol. The number of unbranched alkanes of at least 4 members (excludes halogenated alkanes) is 1. The van der Waals surface area contributed by atoms with E-state index in [-0.39, 0.29) is 6.10 Å². The maximum atomic E-state index is 9.71. The van der Waals surface area contributed by atoms with Crippen LogP contribution in [0.25, 0.3) is 0 Å². The molecule has 0 spiro atoms. The topological polar surface area (TPSA) is 41.5 Å². The van der Waals surface area contributed by atoms with Crippen LogP contribution in [0.2, 0.25) is 0 Å². The van der Waals surface area contributed by atoms with Crippen LogP contribution in [0.1, 0.15) is 45.4 Å². The molecule has 0 bridgehead atoms. The normalized spacial score (nSPS) is 26.8. The molecule has 1 rings (SSSR count). The van der Waals surface area contributed by atoms with Crippen LogP contribution in [0.4, 0.5) is 0 Å². The summed E-state index contributed by atoms with van der Waals surface area (Å²) in [6, 6.07) is 0.300. The molecular weight excluding hydrogens is 190 g/mol. The number of ether oxygens (including phenoxy) is 1. The first kappa shape index (κ1) is 12.9. The van der Waals surface area contributed by atoms with Crippen molar-refractivity contribution < 1.29 is 9.84 Å². The van der Waals surface area contributed by atoms with Crippen molar-refractivity contribution in [3.05, 3.63) is 0 Å². The van der Waals surface area contributed by atoms with Crippen molar-refractivity contribution in [3.63, 3.8) is 0 Å². The molecular formula is C12H25NO2. The third-order valence-corrected chi connectivity index (χ3v) is 3.02. The van der Waals surface area contributed by atoms with Crippen molar-refractivity contribution in [3.8, 4) is 0 Å². The number of aliphatic hydroxyl groups excluding tert-OH is 1. The maximum absolute atomic E-state index is 9.71. The van der Waals surface area contributed by atoms with Crippen LogP contribution in [-0.2, 0) is 4.74 Å². The van der Waals surface area contributed by atoms with Crippen molar-refractivity contribution in [2.75, 3.05) is 19.8 Å². The minimum absolute atomic E-state index is 0.144. The summed E-state index contributed by atoms with van der Waals surface area (Å²) in [6.45, 7) is 4.67. The van der Waals surface area contributed by atoms with Gasteiger partial charge in [0.15, 0.2) is 0 Å². The number of hydrogen-bond acceptors (Lipinski definition) is 3. The fourth-order valence-electron chi connectivity index (χ4n) is 2.01. The Morgan fingerprint density at radius 3 is 2.80 bits per heavy atom. The first-order valence-electron chi connectivity index (χ1n) is 6.33. The van der Waals surface area contributed by atoms with Crippen LogP contribution in [0, 0.1) is 0 Å². The first-order valence-corrected chi connectivity index (χ1v) is 6.33. The lowest BCUT2D eigenvalue weighted by Crippen LogP contribution is -2.43. The lowest BCUT2D eigenvalue weighted by atomic mass is 9.93. The van der Waals surface area contributed by atoms with E-state index in [9.17, 15) is 5.11 Å². The Balaban J connectivity index is 1.94. The third kappa shape index (κ3) is 5.50. The molecule has 0 amide bonds. The summed E-state index contributed by atoms with van der Waals surface area (Å²) < 4.78 is 5.46. The van der Waals surface area contributed by atoms with Crippen LogP contribution in [-0.4, -0.2) is 37.0 Å². The van der Waals surface area contributed by atoms with Gasteiger partial charge in [0.25, 0.3) is 0 Å². The Hall–Kier alpha value is -0.120. The summed E-state index contributed by atoms with van der Waals surface area (Å²) in [4.78, 5) is 0. The van der Waals surface area contributed by atoms with Gasteiger partial charge in [0.2, 0.25) is 0 Å². The third-order valence-electron chi connectivity index (χ3n) is 3.02. The smallest absolute Gasteiger partial charge is 0.0693 e. The number of nitrogens with one attached hydrogen (secondary N) is 1. The maximum Gasteiger partial charge on any atom is 0.0693 e. The average Bonchev–Trinajstić information content (AvgIpc) is 2.25. The molecule has 1 aliphatic rings. The minimum atomic E-state index is -0.144. The average molecular weight is 215 g/mol. The lowest BCUT2D eigenvalue weighted by Gasteiger charge is -2.28. The molecule has 15 heavy (non-hydrogen) atoms. The van der Waals surface area contributed by atoms with E-state index in [1.807, 2.05) is 0 Å². The second-order valence-corrected chi connectivity index (χ2v) is 4.38. The predicted octanol–water partition coefficient (Wildman–Crippen LogP) is 1.70. The molecule has 0 aromatic rings. The second kappa shape index (κ2) is 8.08. The van der Waals surface area contributed by atoms with Crippen molar-refractivity contribution in [2.45, 2.75) is 57.6 Å². The zero-order valence-corrected chi connectivity index (χ0v) is 9.87. The molecule has 0 heterocycles. The minimum Gasteiger partial charge on any atom is -0.392 e. The molecule has 90 valence electrons. The summed E-state index contributed by atoms with van der Waals surface area (Å²) in [5.41, 5.74) is 0. The quantitative estimate of drug-likeness (QED) is 0.635. The molecule has 0 aromatic carbocycles. The van der Waals surface area contributed by atoms with Crippen LogP contribution >= 0.6 is 0 Å². The zero-order chi connectivity index (χ0) is 10.9. The highest BCUT2D eigenvalue weighted by Gasteiger charge is 2.21. The summed E-state index contributed by atoms with van der Waals surface area (Å²) >= 11 is 0. The van der Waals surface area contributed by atoms with Gasteiger partial charge in [-0.3, -0.25) is 0 Å².